The Morgan fingerprint density at radius 1 is 1.00 bits per heavy atom. The third-order valence-electron chi connectivity index (χ3n) is 7.22. The van der Waals surface area contributed by atoms with Gasteiger partial charge in [-0.1, -0.05) is 42.5 Å². The molecule has 3 aromatic rings. The van der Waals surface area contributed by atoms with E-state index >= 15 is 0 Å². The van der Waals surface area contributed by atoms with Gasteiger partial charge in [0.2, 0.25) is 0 Å². The van der Waals surface area contributed by atoms with Crippen LogP contribution in [0.2, 0.25) is 0 Å². The van der Waals surface area contributed by atoms with Gasteiger partial charge in [-0.15, -0.1) is 5.06 Å². The molecule has 1 aromatic heterocycles. The minimum Gasteiger partial charge on any atom is -0.442 e. The van der Waals surface area contributed by atoms with Gasteiger partial charge in [0, 0.05) is 31.0 Å². The van der Waals surface area contributed by atoms with Gasteiger partial charge < -0.3 is 20.6 Å². The highest BCUT2D eigenvalue weighted by Crippen LogP contribution is 2.30. The predicted octanol–water partition coefficient (Wildman–Crippen LogP) is 5.61. The molecular formula is C32H40N4O5. The summed E-state index contributed by atoms with van der Waals surface area (Å²) in [5, 5.41) is 4.99. The number of para-hydroxylation sites is 1. The molecule has 1 aliphatic rings. The molecule has 9 nitrogen and oxygen atoms in total. The fourth-order valence-corrected chi connectivity index (χ4v) is 5.12. The molecule has 1 aliphatic carbocycles. The summed E-state index contributed by atoms with van der Waals surface area (Å²) in [5.74, 6) is -0.204. The quantitative estimate of drug-likeness (QED) is 0.360. The second-order valence-corrected chi connectivity index (χ2v) is 11.7. The number of hydrogen-bond acceptors (Lipinski definition) is 7. The van der Waals surface area contributed by atoms with Gasteiger partial charge in [0.25, 0.3) is 5.91 Å². The maximum Gasteiger partial charge on any atom is 0.443 e. The first kappa shape index (κ1) is 30.0. The van der Waals surface area contributed by atoms with Crippen molar-refractivity contribution < 1.29 is 24.0 Å². The Hall–Kier alpha value is -3.98. The molecule has 0 bridgehead atoms. The first-order valence-electron chi connectivity index (χ1n) is 14.2. The molecular weight excluding hydrogens is 520 g/mol. The van der Waals surface area contributed by atoms with E-state index < -0.39 is 17.7 Å². The predicted molar refractivity (Wildman–Crippen MR) is 158 cm³/mol. The Balaban J connectivity index is 1.37. The lowest BCUT2D eigenvalue weighted by atomic mass is 9.82. The summed E-state index contributed by atoms with van der Waals surface area (Å²) in [5.41, 5.74) is 9.10. The number of nitrogens with zero attached hydrogens (tertiary/aromatic N) is 2. The lowest BCUT2D eigenvalue weighted by Gasteiger charge is -2.32. The number of rotatable bonds is 7. The van der Waals surface area contributed by atoms with Gasteiger partial charge in [0.05, 0.1) is 23.3 Å². The van der Waals surface area contributed by atoms with Gasteiger partial charge >= 0.3 is 12.1 Å². The zero-order chi connectivity index (χ0) is 29.6. The lowest BCUT2D eigenvalue weighted by molar-refractivity contribution is -0.184. The molecule has 1 saturated carbocycles. The van der Waals surface area contributed by atoms with E-state index in [0.29, 0.717) is 24.6 Å². The van der Waals surface area contributed by atoms with Gasteiger partial charge in [-0.3, -0.25) is 9.59 Å². The van der Waals surface area contributed by atoms with Crippen LogP contribution in [-0.4, -0.2) is 46.7 Å². The van der Waals surface area contributed by atoms with Crippen molar-refractivity contribution >= 4 is 28.9 Å². The van der Waals surface area contributed by atoms with Gasteiger partial charge in [-0.2, -0.15) is 0 Å². The van der Waals surface area contributed by atoms with Crippen molar-refractivity contribution in [1.29, 1.82) is 0 Å². The van der Waals surface area contributed by atoms with Crippen molar-refractivity contribution in [3.63, 3.8) is 0 Å². The molecule has 0 unspecified atom stereocenters. The first-order chi connectivity index (χ1) is 19.5. The monoisotopic (exact) mass is 560 g/mol. The van der Waals surface area contributed by atoms with E-state index in [1.165, 1.54) is 6.92 Å². The molecule has 4 rings (SSSR count). The Morgan fingerprint density at radius 3 is 2.29 bits per heavy atom. The highest BCUT2D eigenvalue weighted by Gasteiger charge is 2.30. The van der Waals surface area contributed by atoms with Crippen LogP contribution in [0.5, 0.6) is 0 Å². The van der Waals surface area contributed by atoms with Crippen LogP contribution in [0.15, 0.2) is 54.6 Å². The topological polar surface area (TPSA) is 124 Å². The summed E-state index contributed by atoms with van der Waals surface area (Å²) >= 11 is 0. The van der Waals surface area contributed by atoms with Gasteiger partial charge in [-0.05, 0) is 76.0 Å². The van der Waals surface area contributed by atoms with Crippen LogP contribution < -0.4 is 11.1 Å². The molecule has 1 heterocycles. The SMILES string of the molecule is CC(=O)ON(CC1CCC(CNC(=O)c2cc(-c3ccc(CN)cc3)nc3ccccc23)CC1)C(=O)OC(C)(C)C. The highest BCUT2D eigenvalue weighted by atomic mass is 16.8. The largest absolute Gasteiger partial charge is 0.443 e. The molecule has 2 aromatic carbocycles. The van der Waals surface area contributed by atoms with Gasteiger partial charge in [0.15, 0.2) is 0 Å². The number of benzene rings is 2. The van der Waals surface area contributed by atoms with Crippen LogP contribution >= 0.6 is 0 Å². The van der Waals surface area contributed by atoms with Crippen molar-refractivity contribution in [3.05, 3.63) is 65.7 Å². The molecule has 9 heteroatoms. The average molecular weight is 561 g/mol. The van der Waals surface area contributed by atoms with Crippen LogP contribution in [0.1, 0.15) is 69.3 Å². The molecule has 0 spiro atoms. The van der Waals surface area contributed by atoms with E-state index in [1.54, 1.807) is 20.8 Å². The van der Waals surface area contributed by atoms with E-state index in [4.69, 9.17) is 20.3 Å². The summed E-state index contributed by atoms with van der Waals surface area (Å²) < 4.78 is 5.40. The van der Waals surface area contributed by atoms with Crippen molar-refractivity contribution in [2.24, 2.45) is 17.6 Å². The maximum absolute atomic E-state index is 13.4. The number of carbonyl (C=O) groups excluding carboxylic acids is 3. The Bertz CT molecular complexity index is 1380. The number of carbonyl (C=O) groups is 3. The zero-order valence-corrected chi connectivity index (χ0v) is 24.3. The van der Waals surface area contributed by atoms with Gasteiger partial charge in [-0.25, -0.2) is 9.78 Å². The first-order valence-corrected chi connectivity index (χ1v) is 14.2. The van der Waals surface area contributed by atoms with Crippen molar-refractivity contribution in [3.8, 4) is 11.3 Å². The fourth-order valence-electron chi connectivity index (χ4n) is 5.12. The van der Waals surface area contributed by atoms with Crippen LogP contribution in [0.3, 0.4) is 0 Å². The molecule has 218 valence electrons. The normalized spacial score (nSPS) is 17.1. The van der Waals surface area contributed by atoms with Crippen molar-refractivity contribution in [2.45, 2.75) is 65.5 Å². The number of pyridine rings is 1. The summed E-state index contributed by atoms with van der Waals surface area (Å²) in [6, 6.07) is 17.4. The van der Waals surface area contributed by atoms with Crippen LogP contribution in [0, 0.1) is 11.8 Å². The number of nitrogens with two attached hydrogens (primary N) is 1. The van der Waals surface area contributed by atoms with E-state index in [2.05, 4.69) is 5.32 Å². The van der Waals surface area contributed by atoms with E-state index in [9.17, 15) is 14.4 Å². The van der Waals surface area contributed by atoms with Gasteiger partial charge in [0.1, 0.15) is 5.60 Å². The minimum absolute atomic E-state index is 0.128. The minimum atomic E-state index is -0.693. The van der Waals surface area contributed by atoms with E-state index in [1.807, 2.05) is 54.6 Å². The summed E-state index contributed by atoms with van der Waals surface area (Å²) in [4.78, 5) is 47.5. The molecule has 0 atom stereocenters. The molecule has 41 heavy (non-hydrogen) atoms. The van der Waals surface area contributed by atoms with Crippen molar-refractivity contribution in [1.82, 2.24) is 15.4 Å². The standard InChI is InChI=1S/C32H40N4O5/c1-21(37)41-36(31(39)40-32(2,3)4)20-24-11-9-23(10-12-24)19-34-30(38)27-17-29(25-15-13-22(18-33)14-16-25)35-28-8-6-5-7-26(27)28/h5-8,13-17,23-24H,9-12,18-20,33H2,1-4H3,(H,34,38). The summed E-state index contributed by atoms with van der Waals surface area (Å²) in [6.07, 6.45) is 2.82. The smallest absolute Gasteiger partial charge is 0.442 e. The van der Waals surface area contributed by atoms with E-state index in [-0.39, 0.29) is 18.4 Å². The molecule has 0 saturated heterocycles. The number of amides is 2. The lowest BCUT2D eigenvalue weighted by Crippen LogP contribution is -2.41. The second kappa shape index (κ2) is 13.1. The number of ether oxygens (including phenoxy) is 1. The number of nitrogens with one attached hydrogen (secondary N) is 1. The Kier molecular flexibility index (Phi) is 9.60. The molecule has 1 fully saturated rings. The highest BCUT2D eigenvalue weighted by molar-refractivity contribution is 6.07. The number of aromatic nitrogens is 1. The van der Waals surface area contributed by atoms with Crippen LogP contribution in [0.25, 0.3) is 22.2 Å². The second-order valence-electron chi connectivity index (χ2n) is 11.7. The average Bonchev–Trinajstić information content (AvgIpc) is 2.94. The molecule has 0 radical (unpaired) electrons. The Labute approximate surface area is 241 Å². The molecule has 3 N–H and O–H groups in total. The van der Waals surface area contributed by atoms with E-state index in [0.717, 1.165) is 58.5 Å². The fraction of sp³-hybridized carbons (Fsp3) is 0.438. The zero-order valence-electron chi connectivity index (χ0n) is 24.3. The summed E-state index contributed by atoms with van der Waals surface area (Å²) in [7, 11) is 0. The number of hydroxylamine groups is 2. The molecule has 0 aliphatic heterocycles. The van der Waals surface area contributed by atoms with Crippen LogP contribution in [0.4, 0.5) is 4.79 Å². The maximum atomic E-state index is 13.4. The number of hydrogen-bond donors (Lipinski definition) is 2. The molecule has 2 amide bonds. The third kappa shape index (κ3) is 8.27. The number of fused-ring (bicyclic) bond motifs is 1. The Morgan fingerprint density at radius 2 is 1.66 bits per heavy atom. The summed E-state index contributed by atoms with van der Waals surface area (Å²) in [6.45, 7) is 7.88. The van der Waals surface area contributed by atoms with Crippen LogP contribution in [-0.2, 0) is 20.9 Å². The van der Waals surface area contributed by atoms with Crippen molar-refractivity contribution in [2.75, 3.05) is 13.1 Å². The third-order valence-corrected chi connectivity index (χ3v) is 7.22.